The number of nitrogens with one attached hydrogen (secondary N) is 1. The number of rotatable bonds is 3. The highest BCUT2D eigenvalue weighted by Gasteiger charge is 2.22. The lowest BCUT2D eigenvalue weighted by Crippen LogP contribution is -2.16. The highest BCUT2D eigenvalue weighted by molar-refractivity contribution is 6.08. The number of carbonyl (C=O) groups excluding carboxylic acids is 2. The van der Waals surface area contributed by atoms with Crippen molar-refractivity contribution in [3.8, 4) is 6.07 Å². The highest BCUT2D eigenvalue weighted by atomic mass is 16.5. The van der Waals surface area contributed by atoms with Gasteiger partial charge in [-0.15, -0.1) is 0 Å². The minimum Gasteiger partial charge on any atom is -0.464 e. The fourth-order valence-electron chi connectivity index (χ4n) is 2.02. The average molecular weight is 298 g/mol. The zero-order valence-corrected chi connectivity index (χ0v) is 12.4. The molecule has 1 aromatic heterocycles. The van der Waals surface area contributed by atoms with E-state index in [0.717, 1.165) is 0 Å². The Labute approximate surface area is 127 Å². The molecule has 0 saturated heterocycles. The Morgan fingerprint density at radius 1 is 1.32 bits per heavy atom. The van der Waals surface area contributed by atoms with Crippen molar-refractivity contribution in [3.63, 3.8) is 0 Å². The number of amides is 1. The summed E-state index contributed by atoms with van der Waals surface area (Å²) in [4.78, 5) is 24.1. The number of aryl methyl sites for hydroxylation is 2. The molecule has 1 aromatic carbocycles. The van der Waals surface area contributed by atoms with Crippen molar-refractivity contribution >= 4 is 17.6 Å². The van der Waals surface area contributed by atoms with E-state index in [-0.39, 0.29) is 5.69 Å². The van der Waals surface area contributed by atoms with E-state index in [9.17, 15) is 9.59 Å². The largest absolute Gasteiger partial charge is 0.464 e. The van der Waals surface area contributed by atoms with Crippen LogP contribution in [-0.2, 0) is 11.8 Å². The summed E-state index contributed by atoms with van der Waals surface area (Å²) in [6.45, 7) is 1.68. The van der Waals surface area contributed by atoms with E-state index in [1.165, 1.54) is 23.9 Å². The summed E-state index contributed by atoms with van der Waals surface area (Å²) in [6.07, 6.45) is 0. The molecule has 2 rings (SSSR count). The number of carbonyl (C=O) groups is 2. The summed E-state index contributed by atoms with van der Waals surface area (Å²) < 4.78 is 6.06. The second-order valence-electron chi connectivity index (χ2n) is 4.57. The van der Waals surface area contributed by atoms with Crippen molar-refractivity contribution in [2.24, 2.45) is 7.05 Å². The van der Waals surface area contributed by atoms with E-state index in [0.29, 0.717) is 22.5 Å². The van der Waals surface area contributed by atoms with E-state index in [1.807, 2.05) is 6.07 Å². The fourth-order valence-corrected chi connectivity index (χ4v) is 2.02. The normalized spacial score (nSPS) is 9.91. The minimum absolute atomic E-state index is 0.169. The average Bonchev–Trinajstić information content (AvgIpc) is 2.80. The predicted molar refractivity (Wildman–Crippen MR) is 78.4 cm³/mol. The van der Waals surface area contributed by atoms with Gasteiger partial charge < -0.3 is 10.1 Å². The SMILES string of the molecule is COC(=O)c1c(NC(=O)c2ccc(C#N)cc2)c(C)nn1C. The first-order chi connectivity index (χ1) is 10.5. The fraction of sp³-hybridized carbons (Fsp3) is 0.200. The monoisotopic (exact) mass is 298 g/mol. The molecule has 2 aromatic rings. The molecule has 0 saturated carbocycles. The Hall–Kier alpha value is -3.14. The lowest BCUT2D eigenvalue weighted by atomic mass is 10.1. The summed E-state index contributed by atoms with van der Waals surface area (Å²) in [5.74, 6) is -0.982. The zero-order valence-electron chi connectivity index (χ0n) is 12.4. The van der Waals surface area contributed by atoms with E-state index in [2.05, 4.69) is 10.4 Å². The van der Waals surface area contributed by atoms with Gasteiger partial charge in [-0.2, -0.15) is 10.4 Å². The Morgan fingerprint density at radius 2 is 1.95 bits per heavy atom. The third-order valence-electron chi connectivity index (χ3n) is 3.12. The summed E-state index contributed by atoms with van der Waals surface area (Å²) in [5, 5.41) is 15.5. The second kappa shape index (κ2) is 6.10. The van der Waals surface area contributed by atoms with Crippen LogP contribution < -0.4 is 5.32 Å². The first kappa shape index (κ1) is 15.3. The molecule has 0 radical (unpaired) electrons. The van der Waals surface area contributed by atoms with Gasteiger partial charge in [0, 0.05) is 12.6 Å². The molecule has 0 unspecified atom stereocenters. The van der Waals surface area contributed by atoms with E-state index in [1.54, 1.807) is 26.1 Å². The number of benzene rings is 1. The molecular weight excluding hydrogens is 284 g/mol. The number of nitrogens with zero attached hydrogens (tertiary/aromatic N) is 3. The molecule has 0 aliphatic rings. The number of aromatic nitrogens is 2. The molecule has 0 aliphatic carbocycles. The van der Waals surface area contributed by atoms with Crippen molar-refractivity contribution in [2.75, 3.05) is 12.4 Å². The lowest BCUT2D eigenvalue weighted by molar-refractivity contribution is 0.0589. The molecule has 0 fully saturated rings. The van der Waals surface area contributed by atoms with Crippen molar-refractivity contribution in [3.05, 3.63) is 46.8 Å². The van der Waals surface area contributed by atoms with Gasteiger partial charge in [0.05, 0.1) is 30.1 Å². The summed E-state index contributed by atoms with van der Waals surface area (Å²) >= 11 is 0. The molecule has 1 heterocycles. The van der Waals surface area contributed by atoms with E-state index < -0.39 is 11.9 Å². The van der Waals surface area contributed by atoms with Gasteiger partial charge in [0.15, 0.2) is 5.69 Å². The molecule has 7 nitrogen and oxygen atoms in total. The van der Waals surface area contributed by atoms with Gasteiger partial charge in [0.1, 0.15) is 0 Å². The van der Waals surface area contributed by atoms with Crippen LogP contribution in [0, 0.1) is 18.3 Å². The smallest absolute Gasteiger partial charge is 0.358 e. The number of esters is 1. The minimum atomic E-state index is -0.585. The van der Waals surface area contributed by atoms with Crippen molar-refractivity contribution in [1.82, 2.24) is 9.78 Å². The van der Waals surface area contributed by atoms with Crippen LogP contribution in [-0.4, -0.2) is 28.8 Å². The third kappa shape index (κ3) is 2.81. The van der Waals surface area contributed by atoms with Crippen LogP contribution in [0.3, 0.4) is 0 Å². The van der Waals surface area contributed by atoms with Gasteiger partial charge in [-0.1, -0.05) is 0 Å². The molecule has 1 N–H and O–H groups in total. The zero-order chi connectivity index (χ0) is 16.3. The van der Waals surface area contributed by atoms with Crippen LogP contribution >= 0.6 is 0 Å². The van der Waals surface area contributed by atoms with Crippen LogP contribution in [0.2, 0.25) is 0 Å². The number of methoxy groups -OCH3 is 1. The molecule has 22 heavy (non-hydrogen) atoms. The molecule has 0 spiro atoms. The molecule has 0 atom stereocenters. The lowest BCUT2D eigenvalue weighted by Gasteiger charge is -2.07. The first-order valence-electron chi connectivity index (χ1n) is 6.41. The molecule has 1 amide bonds. The van der Waals surface area contributed by atoms with Crippen molar-refractivity contribution in [1.29, 1.82) is 5.26 Å². The van der Waals surface area contributed by atoms with Gasteiger partial charge in [-0.25, -0.2) is 4.79 Å². The Morgan fingerprint density at radius 3 is 2.50 bits per heavy atom. The Balaban J connectivity index is 2.32. The molecule has 0 aliphatic heterocycles. The molecule has 7 heteroatoms. The van der Waals surface area contributed by atoms with Crippen LogP contribution in [0.15, 0.2) is 24.3 Å². The Kier molecular flexibility index (Phi) is 4.23. The van der Waals surface area contributed by atoms with Crippen LogP contribution in [0.5, 0.6) is 0 Å². The molecule has 0 bridgehead atoms. The second-order valence-corrected chi connectivity index (χ2v) is 4.57. The number of hydrogen-bond acceptors (Lipinski definition) is 5. The predicted octanol–water partition coefficient (Wildman–Crippen LogP) is 1.64. The standard InChI is InChI=1S/C15H14N4O3/c1-9-12(13(15(21)22-3)19(2)18-9)17-14(20)11-6-4-10(8-16)5-7-11/h4-7H,1-3H3,(H,17,20). The number of anilines is 1. The van der Waals surface area contributed by atoms with Gasteiger partial charge in [-0.05, 0) is 31.2 Å². The van der Waals surface area contributed by atoms with Crippen LogP contribution in [0.1, 0.15) is 32.1 Å². The maximum absolute atomic E-state index is 12.3. The molecular formula is C15H14N4O3. The Bertz CT molecular complexity index is 769. The van der Waals surface area contributed by atoms with Crippen molar-refractivity contribution in [2.45, 2.75) is 6.92 Å². The summed E-state index contributed by atoms with van der Waals surface area (Å²) in [7, 11) is 2.85. The van der Waals surface area contributed by atoms with Gasteiger partial charge in [0.2, 0.25) is 0 Å². The van der Waals surface area contributed by atoms with E-state index >= 15 is 0 Å². The van der Waals surface area contributed by atoms with Crippen LogP contribution in [0.4, 0.5) is 5.69 Å². The third-order valence-corrected chi connectivity index (χ3v) is 3.12. The van der Waals surface area contributed by atoms with Crippen molar-refractivity contribution < 1.29 is 14.3 Å². The van der Waals surface area contributed by atoms with Gasteiger partial charge in [-0.3, -0.25) is 9.48 Å². The number of nitriles is 1. The quantitative estimate of drug-likeness (QED) is 0.869. The first-order valence-corrected chi connectivity index (χ1v) is 6.41. The van der Waals surface area contributed by atoms with Gasteiger partial charge >= 0.3 is 5.97 Å². The number of ether oxygens (including phenoxy) is 1. The maximum atomic E-state index is 12.3. The van der Waals surface area contributed by atoms with Crippen LogP contribution in [0.25, 0.3) is 0 Å². The summed E-state index contributed by atoms with van der Waals surface area (Å²) in [6, 6.07) is 8.15. The highest BCUT2D eigenvalue weighted by Crippen LogP contribution is 2.21. The van der Waals surface area contributed by atoms with E-state index in [4.69, 9.17) is 10.00 Å². The summed E-state index contributed by atoms with van der Waals surface area (Å²) in [5.41, 5.74) is 1.82. The maximum Gasteiger partial charge on any atom is 0.358 e. The number of hydrogen-bond donors (Lipinski definition) is 1. The molecule has 112 valence electrons. The van der Waals surface area contributed by atoms with Gasteiger partial charge in [0.25, 0.3) is 5.91 Å². The topological polar surface area (TPSA) is 97.0 Å².